The Hall–Kier alpha value is -3.35. The molecule has 1 aromatic carbocycles. The Bertz CT molecular complexity index is 1600. The van der Waals surface area contributed by atoms with Crippen molar-refractivity contribution in [1.82, 2.24) is 19.9 Å². The average molecular weight is 659 g/mol. The highest BCUT2D eigenvalue weighted by molar-refractivity contribution is 6.32. The van der Waals surface area contributed by atoms with Crippen molar-refractivity contribution in [2.45, 2.75) is 75.9 Å². The molecule has 0 aliphatic carbocycles. The molecule has 248 valence electrons. The first kappa shape index (κ1) is 32.6. The number of hydrogen-bond acceptors (Lipinski definition) is 9. The summed E-state index contributed by atoms with van der Waals surface area (Å²) in [6.45, 7) is 3.42. The summed E-state index contributed by atoms with van der Waals surface area (Å²) in [6, 6.07) is 2.82. The van der Waals surface area contributed by atoms with Crippen LogP contribution in [0.3, 0.4) is 0 Å². The topological polar surface area (TPSA) is 138 Å². The molecule has 1 unspecified atom stereocenters. The van der Waals surface area contributed by atoms with E-state index >= 15 is 4.39 Å². The van der Waals surface area contributed by atoms with Crippen molar-refractivity contribution in [3.8, 4) is 23.0 Å². The highest BCUT2D eigenvalue weighted by Gasteiger charge is 2.49. The third-order valence-corrected chi connectivity index (χ3v) is 10.1. The summed E-state index contributed by atoms with van der Waals surface area (Å²) < 4.78 is 37.4. The van der Waals surface area contributed by atoms with Crippen LogP contribution in [0.2, 0.25) is 5.02 Å². The van der Waals surface area contributed by atoms with Crippen LogP contribution in [0, 0.1) is 11.7 Å². The predicted octanol–water partition coefficient (Wildman–Crippen LogP) is 5.51. The van der Waals surface area contributed by atoms with Crippen LogP contribution in [0.4, 0.5) is 14.6 Å². The van der Waals surface area contributed by atoms with Gasteiger partial charge in [0.15, 0.2) is 5.82 Å². The summed E-state index contributed by atoms with van der Waals surface area (Å²) in [6.07, 6.45) is 6.94. The maximum Gasteiger partial charge on any atom is 0.319 e. The number of rotatable bonds is 12. The van der Waals surface area contributed by atoms with Gasteiger partial charge in [0, 0.05) is 49.3 Å². The van der Waals surface area contributed by atoms with Crippen LogP contribution in [0.25, 0.3) is 22.2 Å². The molecule has 0 amide bonds. The number of carbonyl (C=O) groups is 1. The molecule has 6 rings (SSSR count). The molecule has 46 heavy (non-hydrogen) atoms. The lowest BCUT2D eigenvalue weighted by atomic mass is 9.94. The van der Waals surface area contributed by atoms with Crippen LogP contribution in [0.5, 0.6) is 11.8 Å². The Labute approximate surface area is 271 Å². The number of pyridine rings is 1. The van der Waals surface area contributed by atoms with Gasteiger partial charge >= 0.3 is 12.0 Å². The van der Waals surface area contributed by atoms with E-state index in [0.29, 0.717) is 73.6 Å². The number of nitrogens with two attached hydrogens (primary N) is 1. The van der Waals surface area contributed by atoms with Crippen molar-refractivity contribution in [3.63, 3.8) is 0 Å². The van der Waals surface area contributed by atoms with E-state index in [9.17, 15) is 14.3 Å². The quantitative estimate of drug-likeness (QED) is 0.214. The minimum Gasteiger partial charge on any atom is -0.508 e. The van der Waals surface area contributed by atoms with Crippen molar-refractivity contribution >= 4 is 34.3 Å². The van der Waals surface area contributed by atoms with E-state index in [1.165, 1.54) is 12.1 Å². The molecule has 3 atom stereocenters. The molecule has 0 bridgehead atoms. The lowest BCUT2D eigenvalue weighted by molar-refractivity contribution is -0.137. The fourth-order valence-corrected chi connectivity index (χ4v) is 7.87. The van der Waals surface area contributed by atoms with Crippen LogP contribution in [-0.2, 0) is 11.2 Å². The number of carboxylic acid groups (broad SMARTS) is 1. The summed E-state index contributed by atoms with van der Waals surface area (Å²) in [7, 11) is 0. The molecule has 13 heteroatoms. The molecule has 10 nitrogen and oxygen atoms in total. The van der Waals surface area contributed by atoms with Gasteiger partial charge in [0.2, 0.25) is 0 Å². The van der Waals surface area contributed by atoms with Gasteiger partial charge in [0.25, 0.3) is 0 Å². The van der Waals surface area contributed by atoms with E-state index in [1.54, 1.807) is 6.20 Å². The number of phenols is 1. The second kappa shape index (κ2) is 13.8. The Balaban J connectivity index is 1.40. The second-order valence-electron chi connectivity index (χ2n) is 13.0. The smallest absolute Gasteiger partial charge is 0.319 e. The molecular formula is C33H41ClF2N6O4. The first-order chi connectivity index (χ1) is 22.2. The zero-order valence-corrected chi connectivity index (χ0v) is 26.6. The minimum absolute atomic E-state index is 0.00373. The third kappa shape index (κ3) is 6.70. The molecule has 3 aromatic rings. The maximum atomic E-state index is 16.7. The van der Waals surface area contributed by atoms with E-state index in [4.69, 9.17) is 32.2 Å². The number of aliphatic carboxylic acids is 1. The van der Waals surface area contributed by atoms with Crippen LogP contribution >= 0.6 is 11.6 Å². The number of unbranched alkanes of at least 4 members (excludes halogenated alkanes) is 1. The van der Waals surface area contributed by atoms with Crippen molar-refractivity contribution in [2.75, 3.05) is 44.2 Å². The number of phenolic OH excluding ortho intramolecular Hbond substituents is 1. The summed E-state index contributed by atoms with van der Waals surface area (Å²) in [5.74, 6) is -0.855. The Morgan fingerprint density at radius 1 is 1.20 bits per heavy atom. The van der Waals surface area contributed by atoms with Gasteiger partial charge in [0.1, 0.15) is 35.6 Å². The predicted molar refractivity (Wildman–Crippen MR) is 172 cm³/mol. The first-order valence-corrected chi connectivity index (χ1v) is 16.6. The maximum absolute atomic E-state index is 16.7. The average Bonchev–Trinajstić information content (AvgIpc) is 3.55. The van der Waals surface area contributed by atoms with Gasteiger partial charge in [-0.3, -0.25) is 14.7 Å². The molecule has 0 radical (unpaired) electrons. The van der Waals surface area contributed by atoms with E-state index in [2.05, 4.69) is 19.8 Å². The van der Waals surface area contributed by atoms with Gasteiger partial charge in [-0.25, -0.2) is 8.78 Å². The summed E-state index contributed by atoms with van der Waals surface area (Å²) in [4.78, 5) is 29.2. The van der Waals surface area contributed by atoms with E-state index in [-0.39, 0.29) is 41.0 Å². The number of anilines is 1. The van der Waals surface area contributed by atoms with Crippen LogP contribution in [-0.4, -0.2) is 87.1 Å². The fourth-order valence-electron chi connectivity index (χ4n) is 7.56. The summed E-state index contributed by atoms with van der Waals surface area (Å²) >= 11 is 6.53. The van der Waals surface area contributed by atoms with Crippen LogP contribution < -0.4 is 15.4 Å². The third-order valence-electron chi connectivity index (χ3n) is 9.77. The van der Waals surface area contributed by atoms with Gasteiger partial charge in [-0.15, -0.1) is 0 Å². The monoisotopic (exact) mass is 658 g/mol. The van der Waals surface area contributed by atoms with Crippen LogP contribution in [0.15, 0.2) is 18.3 Å². The largest absolute Gasteiger partial charge is 0.508 e. The normalized spacial score (nSPS) is 23.3. The van der Waals surface area contributed by atoms with Gasteiger partial charge in [-0.1, -0.05) is 11.6 Å². The summed E-state index contributed by atoms with van der Waals surface area (Å²) in [5, 5.41) is 20.1. The number of carboxylic acids is 1. The van der Waals surface area contributed by atoms with Crippen molar-refractivity contribution < 1.29 is 28.5 Å². The molecule has 3 fully saturated rings. The molecule has 3 aliphatic rings. The van der Waals surface area contributed by atoms with Crippen molar-refractivity contribution in [1.29, 1.82) is 0 Å². The Kier molecular flexibility index (Phi) is 9.77. The fraction of sp³-hybridized carbons (Fsp3) is 0.576. The number of fused-ring (bicyclic) bond motifs is 2. The highest BCUT2D eigenvalue weighted by Crippen LogP contribution is 2.42. The number of ether oxygens (including phenoxy) is 1. The zero-order valence-electron chi connectivity index (χ0n) is 25.9. The van der Waals surface area contributed by atoms with Gasteiger partial charge in [0.05, 0.1) is 10.9 Å². The number of nitrogens with zero attached hydrogens (tertiary/aromatic N) is 5. The zero-order chi connectivity index (χ0) is 32.4. The number of aromatic hydroxyl groups is 1. The molecule has 3 aliphatic heterocycles. The molecule has 2 aromatic heterocycles. The molecular weight excluding hydrogens is 618 g/mol. The molecule has 3 saturated heterocycles. The first-order valence-electron chi connectivity index (χ1n) is 16.2. The van der Waals surface area contributed by atoms with Gasteiger partial charge < -0.3 is 25.6 Å². The van der Waals surface area contributed by atoms with Gasteiger partial charge in [-0.05, 0) is 88.1 Å². The lowest BCUT2D eigenvalue weighted by Gasteiger charge is -2.34. The molecule has 5 heterocycles. The molecule has 0 saturated carbocycles. The number of alkyl halides is 1. The highest BCUT2D eigenvalue weighted by atomic mass is 35.5. The summed E-state index contributed by atoms with van der Waals surface area (Å²) in [5.41, 5.74) is 6.31. The standard InChI is InChI=1S/C33H41ClF2N6O4/c34-26-14-22(43)13-24(23(26)6-1-2-7-27(44)45)29-28(36)30-25(16-38-29)31(41-11-3-5-20(17-41)8-10-37)40-32(39-30)46-19-33-9-4-12-42(33)18-21(35)15-33/h13-14,16,20-21,43H,1-12,15,17-19,37H2,(H,44,45)/t20?,21-,33+/m1/s1. The Morgan fingerprint density at radius 2 is 2.04 bits per heavy atom. The van der Waals surface area contributed by atoms with E-state index < -0.39 is 23.5 Å². The second-order valence-corrected chi connectivity index (χ2v) is 13.4. The SMILES string of the molecule is NCCC1CCCN(c2nc(OC[C@@]34CCCN3C[C@H](F)C4)nc3c(F)c(-c4cc(O)cc(Cl)c4CCCCC(=O)O)ncc23)C1. The number of aromatic nitrogens is 3. The van der Waals surface area contributed by atoms with Crippen LogP contribution in [0.1, 0.15) is 63.4 Å². The number of piperidine rings is 1. The Morgan fingerprint density at radius 3 is 2.85 bits per heavy atom. The van der Waals surface area contributed by atoms with E-state index in [0.717, 1.165) is 45.2 Å². The van der Waals surface area contributed by atoms with Gasteiger partial charge in [-0.2, -0.15) is 9.97 Å². The molecule has 0 spiro atoms. The number of halogens is 3. The minimum atomic E-state index is -0.914. The molecule has 4 N–H and O–H groups in total. The van der Waals surface area contributed by atoms with Crippen molar-refractivity contribution in [2.24, 2.45) is 11.7 Å². The number of hydrogen-bond donors (Lipinski definition) is 3. The van der Waals surface area contributed by atoms with Crippen molar-refractivity contribution in [3.05, 3.63) is 34.7 Å². The van der Waals surface area contributed by atoms with E-state index in [1.807, 2.05) is 0 Å². The lowest BCUT2D eigenvalue weighted by Crippen LogP contribution is -2.43. The number of benzene rings is 1.